The quantitative estimate of drug-likeness (QED) is 0.410. The molecule has 2 fully saturated rings. The molecular formula is C22H30N2O5Si. The Morgan fingerprint density at radius 3 is 2.63 bits per heavy atom. The van der Waals surface area contributed by atoms with Crippen LogP contribution in [0.5, 0.6) is 0 Å². The highest BCUT2D eigenvalue weighted by Gasteiger charge is 2.66. The summed E-state index contributed by atoms with van der Waals surface area (Å²) < 4.78 is 6.52. The average Bonchev–Trinajstić information content (AvgIpc) is 3.09. The highest BCUT2D eigenvalue weighted by Crippen LogP contribution is 2.60. The number of hydrogen-bond donors (Lipinski definition) is 2. The Kier molecular flexibility index (Phi) is 5.17. The monoisotopic (exact) mass is 430 g/mol. The van der Waals surface area contributed by atoms with Crippen molar-refractivity contribution in [3.05, 3.63) is 36.4 Å². The molecule has 0 saturated carbocycles. The second kappa shape index (κ2) is 7.30. The van der Waals surface area contributed by atoms with Gasteiger partial charge in [0.25, 0.3) is 5.91 Å². The van der Waals surface area contributed by atoms with E-state index in [2.05, 4.69) is 6.58 Å². The van der Waals surface area contributed by atoms with Crippen molar-refractivity contribution < 1.29 is 24.2 Å². The van der Waals surface area contributed by atoms with Crippen LogP contribution in [0.25, 0.3) is 0 Å². The van der Waals surface area contributed by atoms with Crippen LogP contribution in [0.1, 0.15) is 25.3 Å². The zero-order valence-corrected chi connectivity index (χ0v) is 18.8. The summed E-state index contributed by atoms with van der Waals surface area (Å²) in [5.74, 6) is -0.374. The van der Waals surface area contributed by atoms with E-state index in [1.807, 2.05) is 38.2 Å². The van der Waals surface area contributed by atoms with Crippen molar-refractivity contribution in [1.29, 1.82) is 0 Å². The highest BCUT2D eigenvalue weighted by molar-refractivity contribution is 6.71. The molecule has 3 aliphatic rings. The second-order valence-corrected chi connectivity index (χ2v) is 13.0. The zero-order valence-electron chi connectivity index (χ0n) is 17.8. The fraction of sp³-hybridized carbons (Fsp3) is 0.545. The molecule has 1 spiro atoms. The molecule has 1 aromatic carbocycles. The molecule has 162 valence electrons. The summed E-state index contributed by atoms with van der Waals surface area (Å²) in [6.07, 6.45) is 2.16. The maximum atomic E-state index is 13.8. The number of amides is 2. The Labute approximate surface area is 178 Å². The molecule has 2 amide bonds. The van der Waals surface area contributed by atoms with Crippen molar-refractivity contribution in [2.45, 2.75) is 50.1 Å². The van der Waals surface area contributed by atoms with Gasteiger partial charge in [0.1, 0.15) is 0 Å². The first-order valence-electron chi connectivity index (χ1n) is 10.6. The van der Waals surface area contributed by atoms with Crippen LogP contribution >= 0.6 is 0 Å². The van der Waals surface area contributed by atoms with Gasteiger partial charge in [0.05, 0.1) is 11.8 Å². The van der Waals surface area contributed by atoms with Gasteiger partial charge in [0.15, 0.2) is 13.9 Å². The van der Waals surface area contributed by atoms with Gasteiger partial charge in [-0.3, -0.25) is 9.59 Å². The fourth-order valence-corrected chi connectivity index (χ4v) is 8.13. The van der Waals surface area contributed by atoms with E-state index in [-0.39, 0.29) is 29.9 Å². The summed E-state index contributed by atoms with van der Waals surface area (Å²) in [7, 11) is -2.71. The van der Waals surface area contributed by atoms with Crippen molar-refractivity contribution >= 4 is 31.5 Å². The summed E-state index contributed by atoms with van der Waals surface area (Å²) >= 11 is 0. The number of benzene rings is 1. The van der Waals surface area contributed by atoms with Crippen molar-refractivity contribution in [3.63, 3.8) is 0 Å². The minimum Gasteiger partial charge on any atom is -0.432 e. The van der Waals surface area contributed by atoms with Crippen LogP contribution in [0.15, 0.2) is 30.9 Å². The number of aliphatic hydroxyl groups excluding tert-OH is 1. The minimum atomic E-state index is -2.71. The number of anilines is 2. The number of ether oxygens (including phenoxy) is 1. The van der Waals surface area contributed by atoms with Gasteiger partial charge in [-0.2, -0.15) is 0 Å². The van der Waals surface area contributed by atoms with E-state index in [0.29, 0.717) is 25.9 Å². The fourth-order valence-electron chi connectivity index (χ4n) is 5.53. The zero-order chi connectivity index (χ0) is 21.8. The van der Waals surface area contributed by atoms with E-state index >= 15 is 0 Å². The summed E-state index contributed by atoms with van der Waals surface area (Å²) in [5.41, 5.74) is 0.808. The van der Waals surface area contributed by atoms with Gasteiger partial charge in [-0.15, -0.1) is 6.58 Å². The predicted molar refractivity (Wildman–Crippen MR) is 117 cm³/mol. The van der Waals surface area contributed by atoms with E-state index in [1.165, 1.54) is 0 Å². The van der Waals surface area contributed by atoms with Gasteiger partial charge in [0, 0.05) is 48.8 Å². The third kappa shape index (κ3) is 2.89. The lowest BCUT2D eigenvalue weighted by atomic mass is 9.82. The van der Waals surface area contributed by atoms with E-state index in [9.17, 15) is 19.5 Å². The Morgan fingerprint density at radius 1 is 1.37 bits per heavy atom. The standard InChI is InChI=1S/C22H30N2O5Si/c1-5-10-24-17-7-6-15(23-11-8-19(23)26)13-16(17)22(21(24)27)14(2)20(30(3,4)28)18(29-22)9-12-25/h5-7,13-14,18,20,25,28H,1,8-12H2,2-4H3/t14-,18+,20-,22+/m1/s1. The number of aliphatic hydroxyl groups is 1. The van der Waals surface area contributed by atoms with Crippen LogP contribution in [-0.4, -0.2) is 55.8 Å². The third-order valence-electron chi connectivity index (χ3n) is 6.85. The number of hydrogen-bond acceptors (Lipinski definition) is 5. The second-order valence-electron chi connectivity index (χ2n) is 9.07. The molecule has 3 aliphatic heterocycles. The molecule has 8 heteroatoms. The number of carbonyl (C=O) groups is 2. The Bertz CT molecular complexity index is 898. The van der Waals surface area contributed by atoms with E-state index in [0.717, 1.165) is 16.9 Å². The molecular weight excluding hydrogens is 400 g/mol. The predicted octanol–water partition coefficient (Wildman–Crippen LogP) is 2.14. The summed E-state index contributed by atoms with van der Waals surface area (Å²) in [6, 6.07) is 5.64. The summed E-state index contributed by atoms with van der Waals surface area (Å²) in [6.45, 7) is 10.4. The van der Waals surface area contributed by atoms with Crippen LogP contribution in [0.4, 0.5) is 11.4 Å². The Morgan fingerprint density at radius 2 is 2.10 bits per heavy atom. The van der Waals surface area contributed by atoms with Crippen molar-refractivity contribution in [2.24, 2.45) is 5.92 Å². The molecule has 0 aromatic heterocycles. The van der Waals surface area contributed by atoms with E-state index in [1.54, 1.807) is 15.9 Å². The van der Waals surface area contributed by atoms with Crippen molar-refractivity contribution in [3.8, 4) is 0 Å². The first-order valence-corrected chi connectivity index (χ1v) is 13.6. The lowest BCUT2D eigenvalue weighted by Gasteiger charge is -2.33. The number of β-lactam (4-membered cyclic amide) rings is 1. The van der Waals surface area contributed by atoms with Gasteiger partial charge in [0.2, 0.25) is 5.91 Å². The van der Waals surface area contributed by atoms with E-state index in [4.69, 9.17) is 4.74 Å². The lowest BCUT2D eigenvalue weighted by molar-refractivity contribution is -0.146. The van der Waals surface area contributed by atoms with Crippen LogP contribution in [0.2, 0.25) is 18.6 Å². The van der Waals surface area contributed by atoms with Gasteiger partial charge >= 0.3 is 0 Å². The number of carbonyl (C=O) groups excluding carboxylic acids is 2. The van der Waals surface area contributed by atoms with Crippen LogP contribution in [0, 0.1) is 5.92 Å². The molecule has 30 heavy (non-hydrogen) atoms. The SMILES string of the molecule is C=CCN1C(=O)[C@@]2(O[C@@H](CCO)[C@H]([Si](C)(C)O)[C@H]2C)c2cc(N3CCC3=O)ccc21. The van der Waals surface area contributed by atoms with Crippen LogP contribution in [-0.2, 0) is 19.9 Å². The van der Waals surface area contributed by atoms with Gasteiger partial charge in [-0.05, 0) is 37.7 Å². The lowest BCUT2D eigenvalue weighted by Crippen LogP contribution is -2.46. The van der Waals surface area contributed by atoms with E-state index < -0.39 is 20.0 Å². The molecule has 0 unspecified atom stereocenters. The number of fused-ring (bicyclic) bond motifs is 2. The molecule has 0 bridgehead atoms. The molecule has 0 aliphatic carbocycles. The third-order valence-corrected chi connectivity index (χ3v) is 9.36. The molecule has 4 atom stereocenters. The molecule has 4 rings (SSSR count). The maximum absolute atomic E-state index is 13.8. The summed E-state index contributed by atoms with van der Waals surface area (Å²) in [5, 5.41) is 9.61. The molecule has 2 N–H and O–H groups in total. The Hall–Kier alpha value is -2.00. The van der Waals surface area contributed by atoms with Crippen LogP contribution < -0.4 is 9.80 Å². The molecule has 2 saturated heterocycles. The minimum absolute atomic E-state index is 0.0663. The van der Waals surface area contributed by atoms with Gasteiger partial charge in [-0.1, -0.05) is 13.0 Å². The molecule has 3 heterocycles. The molecule has 1 aromatic rings. The first kappa shape index (κ1) is 21.2. The smallest absolute Gasteiger partial charge is 0.264 e. The van der Waals surface area contributed by atoms with Crippen LogP contribution in [0.3, 0.4) is 0 Å². The number of nitrogens with zero attached hydrogens (tertiary/aromatic N) is 2. The molecule has 7 nitrogen and oxygen atoms in total. The average molecular weight is 431 g/mol. The summed E-state index contributed by atoms with van der Waals surface area (Å²) in [4.78, 5) is 40.2. The topological polar surface area (TPSA) is 90.3 Å². The number of rotatable bonds is 6. The van der Waals surface area contributed by atoms with Crippen molar-refractivity contribution in [2.75, 3.05) is 29.5 Å². The maximum Gasteiger partial charge on any atom is 0.264 e. The van der Waals surface area contributed by atoms with Gasteiger partial charge < -0.3 is 24.4 Å². The largest absolute Gasteiger partial charge is 0.432 e. The normalized spacial score (nSPS) is 30.8. The van der Waals surface area contributed by atoms with Gasteiger partial charge in [-0.25, -0.2) is 0 Å². The molecule has 0 radical (unpaired) electrons. The Balaban J connectivity index is 1.87. The van der Waals surface area contributed by atoms with Crippen molar-refractivity contribution in [1.82, 2.24) is 0 Å². The first-order chi connectivity index (χ1) is 14.2. The highest BCUT2D eigenvalue weighted by atomic mass is 28.4.